The van der Waals surface area contributed by atoms with Gasteiger partial charge in [0.25, 0.3) is 11.8 Å². The van der Waals surface area contributed by atoms with Crippen LogP contribution in [0.1, 0.15) is 5.76 Å². The number of carbonyl (C=O) groups is 2. The van der Waals surface area contributed by atoms with E-state index in [0.717, 1.165) is 4.90 Å². The van der Waals surface area contributed by atoms with Crippen molar-refractivity contribution in [1.29, 1.82) is 0 Å². The summed E-state index contributed by atoms with van der Waals surface area (Å²) in [5.41, 5.74) is 3.16. The smallest absolute Gasteiger partial charge is 0.282 e. The molecular weight excluding hydrogens is 384 g/mol. The molecule has 1 saturated heterocycles. The number of halogens is 1. The van der Waals surface area contributed by atoms with E-state index >= 15 is 0 Å². The molecule has 2 aromatic carbocycles. The number of furan rings is 1. The first-order valence-corrected chi connectivity index (χ1v) is 9.26. The normalized spacial score (nSPS) is 15.4. The molecule has 1 fully saturated rings. The number of rotatable bonds is 4. The second-order valence-corrected chi connectivity index (χ2v) is 7.12. The molecule has 0 radical (unpaired) electrons. The quantitative estimate of drug-likeness (QED) is 0.519. The van der Waals surface area contributed by atoms with Gasteiger partial charge in [-0.3, -0.25) is 15.0 Å². The van der Waals surface area contributed by atoms with Crippen molar-refractivity contribution in [2.24, 2.45) is 0 Å². The van der Waals surface area contributed by atoms with Crippen molar-refractivity contribution >= 4 is 46.9 Å². The molecule has 2 amide bonds. The summed E-state index contributed by atoms with van der Waals surface area (Å²) >= 11 is 7.52. The number of anilines is 1. The van der Waals surface area contributed by atoms with E-state index in [1.165, 1.54) is 22.8 Å². The highest BCUT2D eigenvalue weighted by molar-refractivity contribution is 7.99. The summed E-state index contributed by atoms with van der Waals surface area (Å²) in [5, 5.41) is 2.46. The molecule has 134 valence electrons. The zero-order valence-electron chi connectivity index (χ0n) is 13.9. The van der Waals surface area contributed by atoms with Crippen molar-refractivity contribution < 1.29 is 14.0 Å². The van der Waals surface area contributed by atoms with Crippen molar-refractivity contribution in [1.82, 2.24) is 5.43 Å². The van der Waals surface area contributed by atoms with E-state index in [2.05, 4.69) is 5.43 Å². The second-order valence-electron chi connectivity index (χ2n) is 5.66. The van der Waals surface area contributed by atoms with Gasteiger partial charge in [-0.25, -0.2) is 5.01 Å². The molecule has 1 N–H and O–H groups in total. The molecule has 5 nitrogen and oxygen atoms in total. The molecule has 0 unspecified atom stereocenters. The predicted molar refractivity (Wildman–Crippen MR) is 104 cm³/mol. The molecule has 1 aliphatic rings. The van der Waals surface area contributed by atoms with Gasteiger partial charge < -0.3 is 4.42 Å². The number of amides is 2. The minimum atomic E-state index is -0.472. The van der Waals surface area contributed by atoms with Crippen LogP contribution in [-0.2, 0) is 9.59 Å². The SMILES string of the molecule is O=C1NN(c2ccccc2)C(=O)C1=Cc1ccc(Sc2ccccc2Cl)o1. The number of benzene rings is 2. The standard InChI is InChI=1S/C20H13ClN2O3S/c21-16-8-4-5-9-17(16)27-18-11-10-14(26-18)12-15-19(24)22-23(20(15)25)13-6-2-1-3-7-13/h1-12H,(H,22,24). The van der Waals surface area contributed by atoms with Gasteiger partial charge in [0.2, 0.25) is 0 Å². The van der Waals surface area contributed by atoms with Gasteiger partial charge in [-0.15, -0.1) is 0 Å². The van der Waals surface area contributed by atoms with Gasteiger partial charge in [-0.05, 0) is 42.5 Å². The molecule has 0 aliphatic carbocycles. The lowest BCUT2D eigenvalue weighted by atomic mass is 10.2. The Kier molecular flexibility index (Phi) is 4.75. The molecule has 1 aliphatic heterocycles. The van der Waals surface area contributed by atoms with Crippen molar-refractivity contribution in [2.75, 3.05) is 5.01 Å². The maximum Gasteiger partial charge on any atom is 0.282 e. The molecule has 27 heavy (non-hydrogen) atoms. The third-order valence-electron chi connectivity index (χ3n) is 3.84. The lowest BCUT2D eigenvalue weighted by molar-refractivity contribution is -0.117. The summed E-state index contributed by atoms with van der Waals surface area (Å²) < 4.78 is 5.72. The summed E-state index contributed by atoms with van der Waals surface area (Å²) in [4.78, 5) is 25.6. The second kappa shape index (κ2) is 7.34. The van der Waals surface area contributed by atoms with Gasteiger partial charge in [0, 0.05) is 4.90 Å². The maximum atomic E-state index is 12.6. The minimum Gasteiger partial charge on any atom is -0.450 e. The Morgan fingerprint density at radius 1 is 0.963 bits per heavy atom. The predicted octanol–water partition coefficient (Wildman–Crippen LogP) is 4.55. The molecule has 0 saturated carbocycles. The highest BCUT2D eigenvalue weighted by Gasteiger charge is 2.34. The van der Waals surface area contributed by atoms with E-state index < -0.39 is 11.8 Å². The van der Waals surface area contributed by atoms with E-state index in [0.29, 0.717) is 21.6 Å². The van der Waals surface area contributed by atoms with E-state index in [-0.39, 0.29) is 5.57 Å². The van der Waals surface area contributed by atoms with E-state index in [1.54, 1.807) is 42.5 Å². The average Bonchev–Trinajstić information content (AvgIpc) is 3.24. The molecule has 2 heterocycles. The Balaban J connectivity index is 1.55. The van der Waals surface area contributed by atoms with Gasteiger partial charge in [0.1, 0.15) is 11.3 Å². The first-order valence-electron chi connectivity index (χ1n) is 8.06. The summed E-state index contributed by atoms with van der Waals surface area (Å²) in [6.45, 7) is 0. The van der Waals surface area contributed by atoms with Crippen LogP contribution >= 0.6 is 23.4 Å². The Hall–Kier alpha value is -2.96. The lowest BCUT2D eigenvalue weighted by Crippen LogP contribution is -2.35. The first-order chi connectivity index (χ1) is 13.1. The minimum absolute atomic E-state index is 0.0162. The molecular formula is C20H13ClN2O3S. The summed E-state index contributed by atoms with van der Waals surface area (Å²) in [7, 11) is 0. The van der Waals surface area contributed by atoms with E-state index in [9.17, 15) is 9.59 Å². The maximum absolute atomic E-state index is 12.6. The molecule has 3 aromatic rings. The third kappa shape index (κ3) is 3.63. The van der Waals surface area contributed by atoms with Gasteiger partial charge in [-0.2, -0.15) is 0 Å². The number of hydrogen-bond donors (Lipinski definition) is 1. The topological polar surface area (TPSA) is 62.6 Å². The molecule has 0 bridgehead atoms. The van der Waals surface area contributed by atoms with Crippen molar-refractivity contribution in [3.63, 3.8) is 0 Å². The van der Waals surface area contributed by atoms with Crippen molar-refractivity contribution in [2.45, 2.75) is 9.99 Å². The summed E-state index contributed by atoms with van der Waals surface area (Å²) in [6, 6.07) is 19.8. The molecule has 0 atom stereocenters. The average molecular weight is 397 g/mol. The van der Waals surface area contributed by atoms with Crippen molar-refractivity contribution in [3.05, 3.63) is 83.1 Å². The monoisotopic (exact) mass is 396 g/mol. The fourth-order valence-electron chi connectivity index (χ4n) is 2.56. The zero-order chi connectivity index (χ0) is 18.8. The van der Waals surface area contributed by atoms with Crippen molar-refractivity contribution in [3.8, 4) is 0 Å². The first kappa shape index (κ1) is 17.5. The largest absolute Gasteiger partial charge is 0.450 e. The number of para-hydroxylation sites is 1. The van der Waals surface area contributed by atoms with Crippen LogP contribution in [0.2, 0.25) is 5.02 Å². The van der Waals surface area contributed by atoms with Crippen LogP contribution < -0.4 is 10.4 Å². The van der Waals surface area contributed by atoms with Gasteiger partial charge in [-0.1, -0.05) is 53.7 Å². The summed E-state index contributed by atoms with van der Waals surface area (Å²) in [6.07, 6.45) is 1.44. The van der Waals surface area contributed by atoms with Crippen LogP contribution in [0.5, 0.6) is 0 Å². The highest BCUT2D eigenvalue weighted by atomic mass is 35.5. The molecule has 1 aromatic heterocycles. The Morgan fingerprint density at radius 2 is 1.70 bits per heavy atom. The molecule has 4 rings (SSSR count). The van der Waals surface area contributed by atoms with Crippen LogP contribution in [0.3, 0.4) is 0 Å². The molecule has 7 heteroatoms. The van der Waals surface area contributed by atoms with Gasteiger partial charge >= 0.3 is 0 Å². The van der Waals surface area contributed by atoms with Crippen LogP contribution in [-0.4, -0.2) is 11.8 Å². The van der Waals surface area contributed by atoms with E-state index in [4.69, 9.17) is 16.0 Å². The van der Waals surface area contributed by atoms with Crippen LogP contribution in [0.25, 0.3) is 6.08 Å². The van der Waals surface area contributed by atoms with Crippen LogP contribution in [0.4, 0.5) is 5.69 Å². The highest BCUT2D eigenvalue weighted by Crippen LogP contribution is 2.34. The Labute approximate surface area is 164 Å². The van der Waals surface area contributed by atoms with Gasteiger partial charge in [0.15, 0.2) is 5.09 Å². The van der Waals surface area contributed by atoms with Crippen LogP contribution in [0.15, 0.2) is 86.7 Å². The number of hydrazine groups is 1. The Morgan fingerprint density at radius 3 is 2.48 bits per heavy atom. The number of hydrogen-bond acceptors (Lipinski definition) is 4. The fourth-order valence-corrected chi connectivity index (χ4v) is 3.62. The summed E-state index contributed by atoms with van der Waals surface area (Å²) in [5.74, 6) is -0.485. The zero-order valence-corrected chi connectivity index (χ0v) is 15.5. The lowest BCUT2D eigenvalue weighted by Gasteiger charge is -2.13. The molecule has 0 spiro atoms. The number of carbonyl (C=O) groups excluding carboxylic acids is 2. The number of nitrogens with one attached hydrogen (secondary N) is 1. The fraction of sp³-hybridized carbons (Fsp3) is 0. The number of nitrogens with zero attached hydrogens (tertiary/aromatic N) is 1. The van der Waals surface area contributed by atoms with Gasteiger partial charge in [0.05, 0.1) is 10.7 Å². The van der Waals surface area contributed by atoms with E-state index in [1.807, 2.05) is 24.3 Å². The van der Waals surface area contributed by atoms with Crippen LogP contribution in [0, 0.1) is 0 Å². The Bertz CT molecular complexity index is 1050. The third-order valence-corrected chi connectivity index (χ3v) is 5.28.